The molecule has 94 heavy (non-hydrogen) atoms. The molecule has 0 saturated heterocycles. The molecule has 0 atom stereocenters. The van der Waals surface area contributed by atoms with Gasteiger partial charge in [-0.3, -0.25) is 0 Å². The molecule has 8 saturated carbocycles. The molecule has 0 amide bonds. The van der Waals surface area contributed by atoms with Crippen LogP contribution in [0.15, 0.2) is 279 Å². The first-order valence-corrected chi connectivity index (χ1v) is 35.6. The van der Waals surface area contributed by atoms with E-state index in [1.165, 1.54) is 196 Å². The smallest absolute Gasteiger partial charge is 0.0272 e. The van der Waals surface area contributed by atoms with Crippen LogP contribution in [0.3, 0.4) is 0 Å². The van der Waals surface area contributed by atoms with E-state index in [0.29, 0.717) is 0 Å². The molecule has 14 aromatic rings. The van der Waals surface area contributed by atoms with Crippen molar-refractivity contribution < 1.29 is 0 Å². The highest BCUT2D eigenvalue weighted by atomic mass is 14.7. The largest absolute Gasteiger partial charge is 0.0622 e. The number of hydrogen-bond donors (Lipinski definition) is 0. The Morgan fingerprint density at radius 3 is 0.936 bits per heavy atom. The van der Waals surface area contributed by atoms with Crippen LogP contribution in [0.4, 0.5) is 0 Å². The van der Waals surface area contributed by atoms with E-state index in [2.05, 4.69) is 279 Å². The van der Waals surface area contributed by atoms with Gasteiger partial charge >= 0.3 is 0 Å². The fourth-order valence-corrected chi connectivity index (χ4v) is 23.1. The third-order valence-corrected chi connectivity index (χ3v) is 25.9. The SMILES string of the molecule is c1ccc(-c2ccc(-c3c4ccccc4c(-c4cccc5c4-c4ccccc4C54C5CC6CC(C5)CC4C6)c4ccccc34)cc2)cc1.c1ccc2c(c1)-c1c(-c3c4ccccc4c(-c4ccc5ccccc5c4)c4ccccc34)cccc1C21C2CC3CC(C2)CC1C3. The Labute approximate surface area is 552 Å². The molecule has 8 fully saturated rings. The minimum Gasteiger partial charge on any atom is -0.0622 e. The quantitative estimate of drug-likeness (QED) is 0.151. The predicted octanol–water partition coefficient (Wildman–Crippen LogP) is 24.9. The van der Waals surface area contributed by atoms with Crippen molar-refractivity contribution in [2.75, 3.05) is 0 Å². The lowest BCUT2D eigenvalue weighted by atomic mass is 9.43. The fourth-order valence-electron chi connectivity index (χ4n) is 23.1. The predicted molar refractivity (Wildman–Crippen MR) is 394 cm³/mol. The molecule has 0 nitrogen and oxygen atoms in total. The van der Waals surface area contributed by atoms with Crippen LogP contribution < -0.4 is 0 Å². The molecular formula is C94H74. The van der Waals surface area contributed by atoms with Gasteiger partial charge < -0.3 is 0 Å². The summed E-state index contributed by atoms with van der Waals surface area (Å²) in [6.07, 6.45) is 14.3. The lowest BCUT2D eigenvalue weighted by Crippen LogP contribution is -2.55. The monoisotopic (exact) mass is 1200 g/mol. The minimum absolute atomic E-state index is 0.168. The topological polar surface area (TPSA) is 0 Å². The number of hydrogen-bond acceptors (Lipinski definition) is 0. The van der Waals surface area contributed by atoms with Gasteiger partial charge in [-0.25, -0.2) is 0 Å². The zero-order valence-electron chi connectivity index (χ0n) is 53.2. The summed E-state index contributed by atoms with van der Waals surface area (Å²) in [5, 5.41) is 13.3. The van der Waals surface area contributed by atoms with Gasteiger partial charge in [-0.2, -0.15) is 0 Å². The summed E-state index contributed by atoms with van der Waals surface area (Å²) in [5.41, 5.74) is 26.2. The Hall–Kier alpha value is -9.62. The van der Waals surface area contributed by atoms with Crippen LogP contribution in [-0.4, -0.2) is 0 Å². The maximum atomic E-state index is 2.54. The van der Waals surface area contributed by atoms with Crippen LogP contribution in [0.2, 0.25) is 0 Å². The summed E-state index contributed by atoms with van der Waals surface area (Å²) >= 11 is 0. The van der Waals surface area contributed by atoms with Gasteiger partial charge in [-0.15, -0.1) is 0 Å². The van der Waals surface area contributed by atoms with Crippen molar-refractivity contribution in [3.63, 3.8) is 0 Å². The summed E-state index contributed by atoms with van der Waals surface area (Å²) in [4.78, 5) is 0. The highest BCUT2D eigenvalue weighted by Crippen LogP contribution is 2.72. The average Bonchev–Trinajstić information content (AvgIpc) is 1.49. The number of rotatable bonds is 5. The molecule has 0 aliphatic heterocycles. The first-order valence-electron chi connectivity index (χ1n) is 35.6. The molecule has 0 heteroatoms. The highest BCUT2D eigenvalue weighted by molar-refractivity contribution is 6.24. The number of benzene rings is 14. The van der Waals surface area contributed by atoms with Crippen molar-refractivity contribution in [3.05, 3.63) is 301 Å². The Balaban J connectivity index is 0.000000126. The summed E-state index contributed by atoms with van der Waals surface area (Å²) in [6, 6.07) is 106. The zero-order valence-corrected chi connectivity index (χ0v) is 53.2. The molecular weight excluding hydrogens is 1130 g/mol. The molecule has 450 valence electrons. The Bertz CT molecular complexity index is 5290. The molecule has 10 aliphatic rings. The molecule has 10 aliphatic carbocycles. The van der Waals surface area contributed by atoms with Crippen LogP contribution in [0.1, 0.15) is 86.5 Å². The summed E-state index contributed by atoms with van der Waals surface area (Å²) < 4.78 is 0. The van der Waals surface area contributed by atoms with Gasteiger partial charge in [0.25, 0.3) is 0 Å². The van der Waals surface area contributed by atoms with Gasteiger partial charge in [0.15, 0.2) is 0 Å². The first-order chi connectivity index (χ1) is 46.6. The van der Waals surface area contributed by atoms with Crippen molar-refractivity contribution in [1.82, 2.24) is 0 Å². The average molecular weight is 1200 g/mol. The second-order valence-electron chi connectivity index (χ2n) is 30.1. The van der Waals surface area contributed by atoms with Gasteiger partial charge in [-0.05, 0) is 272 Å². The summed E-state index contributed by atoms with van der Waals surface area (Å²) in [7, 11) is 0. The molecule has 0 radical (unpaired) electrons. The van der Waals surface area contributed by atoms with Crippen molar-refractivity contribution in [3.8, 4) is 77.9 Å². The molecule has 0 unspecified atom stereocenters. The number of fused-ring (bicyclic) bond motifs is 11. The summed E-state index contributed by atoms with van der Waals surface area (Å²) in [6.45, 7) is 0. The van der Waals surface area contributed by atoms with Gasteiger partial charge in [0, 0.05) is 10.8 Å². The standard InChI is InChI=1S/C48H38.C46H36/c1-2-11-32(12-3-1)33-21-23-34(24-22-33)45-37-13-4-6-15-39(37)46(40-16-7-5-14-38(40)45)42-18-10-20-44-47(42)41-17-8-9-19-43(41)48(44)35-26-30-25-31(28-35)29-36(48)27-30;1-2-11-31-27-32(21-20-30(31)10-1)43-35-12-3-5-14-37(35)44(38-15-6-4-13-36(38)43)40-17-9-19-42-45(40)39-16-7-8-18-41(39)46(42)33-23-28-22-29(25-33)26-34(46)24-28/h1-24,30-31,35-36H,25-29H2;1-21,27-29,33-34H,22-26H2. The van der Waals surface area contributed by atoms with Gasteiger partial charge in [0.1, 0.15) is 0 Å². The third kappa shape index (κ3) is 7.46. The lowest BCUT2D eigenvalue weighted by Gasteiger charge is -2.61. The van der Waals surface area contributed by atoms with E-state index in [1.54, 1.807) is 22.3 Å². The normalized spacial score (nSPS) is 25.1. The van der Waals surface area contributed by atoms with E-state index >= 15 is 0 Å². The van der Waals surface area contributed by atoms with Crippen LogP contribution in [0.5, 0.6) is 0 Å². The van der Waals surface area contributed by atoms with E-state index in [4.69, 9.17) is 0 Å². The minimum atomic E-state index is 0.168. The molecule has 8 bridgehead atoms. The maximum absolute atomic E-state index is 2.54. The Kier molecular flexibility index (Phi) is 11.7. The van der Waals surface area contributed by atoms with Crippen molar-refractivity contribution in [1.29, 1.82) is 0 Å². The van der Waals surface area contributed by atoms with Crippen LogP contribution >= 0.6 is 0 Å². The molecule has 0 aromatic heterocycles. The molecule has 0 heterocycles. The lowest BCUT2D eigenvalue weighted by molar-refractivity contribution is -0.0399. The van der Waals surface area contributed by atoms with Crippen molar-refractivity contribution >= 4 is 53.9 Å². The molecule has 14 aromatic carbocycles. The van der Waals surface area contributed by atoms with Gasteiger partial charge in [0.05, 0.1) is 0 Å². The van der Waals surface area contributed by atoms with E-state index in [1.807, 2.05) is 0 Å². The van der Waals surface area contributed by atoms with Gasteiger partial charge in [-0.1, -0.05) is 273 Å². The van der Waals surface area contributed by atoms with E-state index in [-0.39, 0.29) is 10.8 Å². The van der Waals surface area contributed by atoms with Crippen LogP contribution in [0, 0.1) is 47.3 Å². The molecule has 0 N–H and O–H groups in total. The second kappa shape index (κ2) is 20.4. The van der Waals surface area contributed by atoms with Gasteiger partial charge in [0.2, 0.25) is 0 Å². The highest BCUT2D eigenvalue weighted by Gasteiger charge is 2.63. The van der Waals surface area contributed by atoms with Crippen molar-refractivity contribution in [2.45, 2.75) is 75.0 Å². The summed E-state index contributed by atoms with van der Waals surface area (Å²) in [5.74, 6) is 6.85. The molecule has 24 rings (SSSR count). The van der Waals surface area contributed by atoms with E-state index in [0.717, 1.165) is 47.3 Å². The third-order valence-electron chi connectivity index (χ3n) is 25.9. The van der Waals surface area contributed by atoms with E-state index in [9.17, 15) is 0 Å². The fraction of sp³-hybridized carbons (Fsp3) is 0.213. The Morgan fingerprint density at radius 2 is 0.500 bits per heavy atom. The molecule has 2 spiro atoms. The van der Waals surface area contributed by atoms with Crippen LogP contribution in [-0.2, 0) is 10.8 Å². The van der Waals surface area contributed by atoms with Crippen LogP contribution in [0.25, 0.3) is 132 Å². The first kappa shape index (κ1) is 53.8. The maximum Gasteiger partial charge on any atom is 0.0272 e. The zero-order chi connectivity index (χ0) is 61.4. The second-order valence-corrected chi connectivity index (χ2v) is 30.1. The van der Waals surface area contributed by atoms with Crippen molar-refractivity contribution in [2.24, 2.45) is 47.3 Å². The Morgan fingerprint density at radius 1 is 0.191 bits per heavy atom. The van der Waals surface area contributed by atoms with E-state index < -0.39 is 0 Å².